The molecule has 1 saturated carbocycles. The molecule has 1 aliphatic rings. The summed E-state index contributed by atoms with van der Waals surface area (Å²) in [4.78, 5) is 28.9. The number of carbonyl (C=O) groups excluding carboxylic acids is 2. The Kier molecular flexibility index (Phi) is 11.5. The Balaban J connectivity index is 1.84. The van der Waals surface area contributed by atoms with E-state index < -0.39 is 12.0 Å². The number of nitrogens with zero attached hydrogens (tertiary/aromatic N) is 1. The second kappa shape index (κ2) is 14.1. The molecule has 2 N–H and O–H groups in total. The van der Waals surface area contributed by atoms with Gasteiger partial charge >= 0.3 is 5.97 Å². The van der Waals surface area contributed by atoms with Gasteiger partial charge < -0.3 is 15.2 Å². The number of esters is 1. The zero-order chi connectivity index (χ0) is 21.6. The van der Waals surface area contributed by atoms with Crippen LogP contribution in [0.4, 0.5) is 0 Å². The Morgan fingerprint density at radius 1 is 1.20 bits per heavy atom. The van der Waals surface area contributed by atoms with Crippen molar-refractivity contribution in [3.63, 3.8) is 0 Å². The van der Waals surface area contributed by atoms with Gasteiger partial charge in [0.1, 0.15) is 0 Å². The molecule has 1 aromatic heterocycles. The van der Waals surface area contributed by atoms with Crippen LogP contribution in [0.5, 0.6) is 0 Å². The van der Waals surface area contributed by atoms with Crippen molar-refractivity contribution in [3.05, 3.63) is 30.1 Å². The molecule has 30 heavy (non-hydrogen) atoms. The van der Waals surface area contributed by atoms with E-state index in [0.29, 0.717) is 18.6 Å². The predicted molar refractivity (Wildman–Crippen MR) is 117 cm³/mol. The van der Waals surface area contributed by atoms with E-state index in [4.69, 9.17) is 4.74 Å². The van der Waals surface area contributed by atoms with Crippen LogP contribution in [-0.2, 0) is 14.3 Å². The molecule has 6 nitrogen and oxygen atoms in total. The molecule has 1 fully saturated rings. The van der Waals surface area contributed by atoms with Crippen LogP contribution in [0.3, 0.4) is 0 Å². The van der Waals surface area contributed by atoms with E-state index in [-0.39, 0.29) is 24.8 Å². The maximum Gasteiger partial charge on any atom is 0.306 e. The van der Waals surface area contributed by atoms with Gasteiger partial charge in [-0.3, -0.25) is 14.6 Å². The fourth-order valence-electron chi connectivity index (χ4n) is 4.09. The van der Waals surface area contributed by atoms with E-state index in [2.05, 4.69) is 10.3 Å². The van der Waals surface area contributed by atoms with Crippen molar-refractivity contribution in [2.45, 2.75) is 83.7 Å². The Bertz CT molecular complexity index is 617. The number of unbranched alkanes of at least 4 members (excludes halogenated alkanes) is 1. The van der Waals surface area contributed by atoms with Gasteiger partial charge in [-0.2, -0.15) is 0 Å². The van der Waals surface area contributed by atoms with Crippen molar-refractivity contribution < 1.29 is 19.4 Å². The lowest BCUT2D eigenvalue weighted by atomic mass is 9.84. The molecule has 1 heterocycles. The number of rotatable bonds is 13. The molecule has 0 saturated heterocycles. The second-order valence-corrected chi connectivity index (χ2v) is 8.45. The summed E-state index contributed by atoms with van der Waals surface area (Å²) in [6.07, 6.45) is 13.6. The lowest BCUT2D eigenvalue weighted by Gasteiger charge is -2.23. The number of pyridine rings is 1. The van der Waals surface area contributed by atoms with E-state index >= 15 is 0 Å². The highest BCUT2D eigenvalue weighted by Crippen LogP contribution is 2.29. The summed E-state index contributed by atoms with van der Waals surface area (Å²) < 4.78 is 5.28. The van der Waals surface area contributed by atoms with Crippen molar-refractivity contribution in [2.24, 2.45) is 11.8 Å². The molecular formula is C24H38N2O4. The third kappa shape index (κ3) is 9.24. The summed E-state index contributed by atoms with van der Waals surface area (Å²) in [5, 5.41) is 13.1. The van der Waals surface area contributed by atoms with E-state index in [0.717, 1.165) is 31.6 Å². The molecule has 0 spiro atoms. The molecule has 0 radical (unpaired) electrons. The third-order valence-electron chi connectivity index (χ3n) is 6.00. The molecule has 0 aliphatic heterocycles. The molecular weight excluding hydrogens is 380 g/mol. The van der Waals surface area contributed by atoms with Gasteiger partial charge in [0.25, 0.3) is 0 Å². The number of ether oxygens (including phenoxy) is 1. The number of aliphatic hydroxyl groups excluding tert-OH is 1. The van der Waals surface area contributed by atoms with Crippen molar-refractivity contribution in [2.75, 3.05) is 13.2 Å². The number of aromatic nitrogens is 1. The van der Waals surface area contributed by atoms with Crippen LogP contribution >= 0.6 is 0 Å². The SMILES string of the molecule is CCCCOC(=O)CC(CCCC1CCCCC1)C(=O)NCC(O)c1ccncc1. The lowest BCUT2D eigenvalue weighted by molar-refractivity contribution is -0.147. The molecule has 6 heteroatoms. The highest BCUT2D eigenvalue weighted by Gasteiger charge is 2.24. The highest BCUT2D eigenvalue weighted by molar-refractivity contribution is 5.83. The molecule has 1 amide bonds. The summed E-state index contributed by atoms with van der Waals surface area (Å²) in [6, 6.07) is 3.45. The van der Waals surface area contributed by atoms with Crippen LogP contribution in [0, 0.1) is 11.8 Å². The van der Waals surface area contributed by atoms with Gasteiger partial charge in [-0.05, 0) is 36.5 Å². The predicted octanol–water partition coefficient (Wildman–Crippen LogP) is 4.33. The maximum absolute atomic E-state index is 12.8. The fourth-order valence-corrected chi connectivity index (χ4v) is 4.09. The molecule has 2 rings (SSSR count). The van der Waals surface area contributed by atoms with Gasteiger partial charge in [-0.25, -0.2) is 0 Å². The summed E-state index contributed by atoms with van der Waals surface area (Å²) >= 11 is 0. The molecule has 1 aromatic rings. The topological polar surface area (TPSA) is 88.5 Å². The first-order valence-corrected chi connectivity index (χ1v) is 11.6. The maximum atomic E-state index is 12.8. The average molecular weight is 419 g/mol. The van der Waals surface area contributed by atoms with Gasteiger partial charge in [0.15, 0.2) is 0 Å². The quantitative estimate of drug-likeness (QED) is 0.368. The first-order chi connectivity index (χ1) is 14.6. The largest absolute Gasteiger partial charge is 0.466 e. The number of amides is 1. The minimum atomic E-state index is -0.795. The van der Waals surface area contributed by atoms with E-state index in [1.807, 2.05) is 6.92 Å². The molecule has 2 atom stereocenters. The molecule has 168 valence electrons. The van der Waals surface area contributed by atoms with Crippen LogP contribution in [0.25, 0.3) is 0 Å². The van der Waals surface area contributed by atoms with Crippen LogP contribution in [0.1, 0.15) is 89.2 Å². The molecule has 0 bridgehead atoms. The smallest absolute Gasteiger partial charge is 0.306 e. The Morgan fingerprint density at radius 3 is 2.63 bits per heavy atom. The van der Waals surface area contributed by atoms with Crippen molar-refractivity contribution in [1.29, 1.82) is 0 Å². The number of nitrogens with one attached hydrogen (secondary N) is 1. The second-order valence-electron chi connectivity index (χ2n) is 8.45. The monoisotopic (exact) mass is 418 g/mol. The Morgan fingerprint density at radius 2 is 1.93 bits per heavy atom. The number of aliphatic hydroxyl groups is 1. The molecule has 1 aliphatic carbocycles. The van der Waals surface area contributed by atoms with Crippen molar-refractivity contribution in [1.82, 2.24) is 10.3 Å². The van der Waals surface area contributed by atoms with E-state index in [9.17, 15) is 14.7 Å². The van der Waals surface area contributed by atoms with Crippen LogP contribution < -0.4 is 5.32 Å². The van der Waals surface area contributed by atoms with Gasteiger partial charge in [-0.1, -0.05) is 58.3 Å². The zero-order valence-electron chi connectivity index (χ0n) is 18.4. The van der Waals surface area contributed by atoms with Gasteiger partial charge in [0.2, 0.25) is 5.91 Å². The fraction of sp³-hybridized carbons (Fsp3) is 0.708. The highest BCUT2D eigenvalue weighted by atomic mass is 16.5. The molecule has 0 aromatic carbocycles. The standard InChI is InChI=1S/C24H38N2O4/c1-2-3-16-30-23(28)17-21(11-7-10-19-8-5-4-6-9-19)24(29)26-18-22(27)20-12-14-25-15-13-20/h12-15,19,21-22,27H,2-11,16-18H2,1H3,(H,26,29). The van der Waals surface area contributed by atoms with Gasteiger partial charge in [-0.15, -0.1) is 0 Å². The van der Waals surface area contributed by atoms with Gasteiger partial charge in [0, 0.05) is 24.9 Å². The number of hydrogen-bond donors (Lipinski definition) is 2. The summed E-state index contributed by atoms with van der Waals surface area (Å²) in [6.45, 7) is 2.57. The van der Waals surface area contributed by atoms with E-state index in [1.54, 1.807) is 24.5 Å². The average Bonchev–Trinajstić information content (AvgIpc) is 2.78. The minimum absolute atomic E-state index is 0.103. The normalized spacial score (nSPS) is 16.6. The third-order valence-corrected chi connectivity index (χ3v) is 6.00. The van der Waals surface area contributed by atoms with Crippen LogP contribution in [0.2, 0.25) is 0 Å². The zero-order valence-corrected chi connectivity index (χ0v) is 18.4. The first kappa shape index (κ1) is 24.3. The van der Waals surface area contributed by atoms with Crippen molar-refractivity contribution in [3.8, 4) is 0 Å². The lowest BCUT2D eigenvalue weighted by Crippen LogP contribution is -2.35. The summed E-state index contributed by atoms with van der Waals surface area (Å²) in [5.41, 5.74) is 0.707. The first-order valence-electron chi connectivity index (χ1n) is 11.6. The molecule has 2 unspecified atom stereocenters. The number of hydrogen-bond acceptors (Lipinski definition) is 5. The van der Waals surface area contributed by atoms with E-state index in [1.165, 1.54) is 32.1 Å². The Labute approximate surface area is 180 Å². The van der Waals surface area contributed by atoms with Crippen LogP contribution in [0.15, 0.2) is 24.5 Å². The minimum Gasteiger partial charge on any atom is -0.466 e. The van der Waals surface area contributed by atoms with Gasteiger partial charge in [0.05, 0.1) is 19.1 Å². The van der Waals surface area contributed by atoms with Crippen molar-refractivity contribution >= 4 is 11.9 Å². The number of carbonyl (C=O) groups is 2. The van der Waals surface area contributed by atoms with Crippen LogP contribution in [-0.4, -0.2) is 35.1 Å². The summed E-state index contributed by atoms with van der Waals surface area (Å²) in [5.74, 6) is -0.144. The Hall–Kier alpha value is -1.95. The summed E-state index contributed by atoms with van der Waals surface area (Å²) in [7, 11) is 0.